The molecule has 0 radical (unpaired) electrons. The fourth-order valence-corrected chi connectivity index (χ4v) is 4.95. The van der Waals surface area contributed by atoms with Crippen LogP contribution in [-0.4, -0.2) is 40.7 Å². The number of aromatic nitrogens is 1. The third-order valence-corrected chi connectivity index (χ3v) is 6.83. The first kappa shape index (κ1) is 23.4. The third kappa shape index (κ3) is 5.80. The van der Waals surface area contributed by atoms with E-state index in [1.165, 1.54) is 0 Å². The molecule has 1 amide bonds. The highest BCUT2D eigenvalue weighted by molar-refractivity contribution is 6.31. The number of anilines is 1. The summed E-state index contributed by atoms with van der Waals surface area (Å²) in [6, 6.07) is 11.6. The smallest absolute Gasteiger partial charge is 0.407 e. The van der Waals surface area contributed by atoms with Crippen molar-refractivity contribution < 1.29 is 14.3 Å². The fraction of sp³-hybridized carbons (Fsp3) is 0.462. The summed E-state index contributed by atoms with van der Waals surface area (Å²) in [7, 11) is 0. The molecule has 0 bridgehead atoms. The maximum Gasteiger partial charge on any atom is 0.407 e. The van der Waals surface area contributed by atoms with Crippen LogP contribution in [0.2, 0.25) is 5.02 Å². The Kier molecular flexibility index (Phi) is 7.43. The monoisotopic (exact) mass is 469 g/mol. The molecule has 0 saturated carbocycles. The molecule has 0 spiro atoms. The average Bonchev–Trinajstić information content (AvgIpc) is 3.33. The number of hydrogen-bond acceptors (Lipinski definition) is 4. The van der Waals surface area contributed by atoms with Gasteiger partial charge < -0.3 is 19.3 Å². The molecule has 176 valence electrons. The van der Waals surface area contributed by atoms with Gasteiger partial charge >= 0.3 is 6.09 Å². The van der Waals surface area contributed by atoms with Crippen molar-refractivity contribution in [3.63, 3.8) is 0 Å². The SMILES string of the molecule is CC(C)CC(c1ccoc1)N(CCC1CCN(c2ccc3cc(Cl)ccc3n2)CC1)C(=O)O. The van der Waals surface area contributed by atoms with E-state index in [9.17, 15) is 9.90 Å². The molecule has 1 aliphatic rings. The Morgan fingerprint density at radius 1 is 1.24 bits per heavy atom. The predicted molar refractivity (Wildman–Crippen MR) is 132 cm³/mol. The number of hydrogen-bond donors (Lipinski definition) is 1. The minimum Gasteiger partial charge on any atom is -0.472 e. The van der Waals surface area contributed by atoms with E-state index in [1.807, 2.05) is 24.3 Å². The Morgan fingerprint density at radius 2 is 2.03 bits per heavy atom. The van der Waals surface area contributed by atoms with E-state index >= 15 is 0 Å². The lowest BCUT2D eigenvalue weighted by Crippen LogP contribution is -2.38. The van der Waals surface area contributed by atoms with E-state index in [1.54, 1.807) is 17.4 Å². The van der Waals surface area contributed by atoms with Gasteiger partial charge in [0.1, 0.15) is 5.82 Å². The van der Waals surface area contributed by atoms with Crippen LogP contribution in [0.3, 0.4) is 0 Å². The average molecular weight is 470 g/mol. The number of carboxylic acid groups (broad SMARTS) is 1. The molecule has 1 unspecified atom stereocenters. The second kappa shape index (κ2) is 10.5. The van der Waals surface area contributed by atoms with Gasteiger partial charge in [0.2, 0.25) is 0 Å². The van der Waals surface area contributed by atoms with Crippen molar-refractivity contribution in [2.45, 2.75) is 45.6 Å². The molecule has 1 fully saturated rings. The van der Waals surface area contributed by atoms with Gasteiger partial charge in [-0.3, -0.25) is 0 Å². The van der Waals surface area contributed by atoms with Crippen LogP contribution in [0, 0.1) is 11.8 Å². The summed E-state index contributed by atoms with van der Waals surface area (Å²) >= 11 is 6.08. The molecule has 6 nitrogen and oxygen atoms in total. The van der Waals surface area contributed by atoms with E-state index in [0.29, 0.717) is 18.4 Å². The fourth-order valence-electron chi connectivity index (χ4n) is 4.77. The van der Waals surface area contributed by atoms with Crippen molar-refractivity contribution in [1.29, 1.82) is 0 Å². The van der Waals surface area contributed by atoms with Gasteiger partial charge in [0.25, 0.3) is 0 Å². The van der Waals surface area contributed by atoms with E-state index in [-0.39, 0.29) is 6.04 Å². The number of rotatable bonds is 8. The van der Waals surface area contributed by atoms with Crippen LogP contribution < -0.4 is 4.90 Å². The standard InChI is InChI=1S/C26H32ClN3O3/c1-18(2)15-24(21-10-14-33-17-21)30(26(31)32)13-9-19-7-11-29(12-8-19)25-6-3-20-16-22(27)4-5-23(20)28-25/h3-6,10,14,16-19,24H,7-9,11-13,15H2,1-2H3,(H,31,32). The zero-order chi connectivity index (χ0) is 23.4. The van der Waals surface area contributed by atoms with Crippen LogP contribution in [-0.2, 0) is 0 Å². The molecule has 3 aromatic rings. The number of amides is 1. The number of halogens is 1. The molecule has 2 aromatic heterocycles. The molecule has 0 aliphatic carbocycles. The number of pyridine rings is 1. The summed E-state index contributed by atoms with van der Waals surface area (Å²) in [4.78, 5) is 20.9. The largest absolute Gasteiger partial charge is 0.472 e. The van der Waals surface area contributed by atoms with Crippen molar-refractivity contribution in [2.75, 3.05) is 24.5 Å². The van der Waals surface area contributed by atoms with E-state index in [4.69, 9.17) is 21.0 Å². The number of benzene rings is 1. The van der Waals surface area contributed by atoms with Gasteiger partial charge in [0.15, 0.2) is 0 Å². The molecule has 4 rings (SSSR count). The highest BCUT2D eigenvalue weighted by Gasteiger charge is 2.28. The molecular weight excluding hydrogens is 438 g/mol. The number of nitrogens with zero attached hydrogens (tertiary/aromatic N) is 3. The van der Waals surface area contributed by atoms with Crippen LogP contribution in [0.5, 0.6) is 0 Å². The molecule has 1 saturated heterocycles. The second-order valence-electron chi connectivity index (χ2n) is 9.40. The maximum absolute atomic E-state index is 12.1. The second-order valence-corrected chi connectivity index (χ2v) is 9.84. The zero-order valence-electron chi connectivity index (χ0n) is 19.3. The van der Waals surface area contributed by atoms with Gasteiger partial charge in [-0.1, -0.05) is 25.4 Å². The Bertz CT molecular complexity index is 1060. The van der Waals surface area contributed by atoms with Crippen molar-refractivity contribution in [3.8, 4) is 0 Å². The van der Waals surface area contributed by atoms with Crippen LogP contribution >= 0.6 is 11.6 Å². The zero-order valence-corrected chi connectivity index (χ0v) is 20.0. The topological polar surface area (TPSA) is 69.8 Å². The molecule has 1 atom stereocenters. The maximum atomic E-state index is 12.1. The Hall–Kier alpha value is -2.73. The van der Waals surface area contributed by atoms with Crippen molar-refractivity contribution in [3.05, 3.63) is 59.5 Å². The summed E-state index contributed by atoms with van der Waals surface area (Å²) in [5.74, 6) is 1.89. The normalized spacial score (nSPS) is 15.8. The summed E-state index contributed by atoms with van der Waals surface area (Å²) in [6.07, 6.45) is 6.15. The Labute approximate surface area is 200 Å². The number of fused-ring (bicyclic) bond motifs is 1. The van der Waals surface area contributed by atoms with Gasteiger partial charge in [-0.15, -0.1) is 0 Å². The van der Waals surface area contributed by atoms with Crippen LogP contribution in [0.15, 0.2) is 53.3 Å². The van der Waals surface area contributed by atoms with Gasteiger partial charge in [-0.2, -0.15) is 0 Å². The molecular formula is C26H32ClN3O3. The molecule has 1 N–H and O–H groups in total. The highest BCUT2D eigenvalue weighted by Crippen LogP contribution is 2.31. The van der Waals surface area contributed by atoms with Crippen molar-refractivity contribution in [2.24, 2.45) is 11.8 Å². The Balaban J connectivity index is 1.36. The quantitative estimate of drug-likeness (QED) is 0.390. The summed E-state index contributed by atoms with van der Waals surface area (Å²) in [6.45, 7) is 6.65. The first-order valence-corrected chi connectivity index (χ1v) is 12.1. The van der Waals surface area contributed by atoms with E-state index < -0.39 is 6.09 Å². The summed E-state index contributed by atoms with van der Waals surface area (Å²) in [5, 5.41) is 11.7. The van der Waals surface area contributed by atoms with Gasteiger partial charge in [-0.25, -0.2) is 9.78 Å². The van der Waals surface area contributed by atoms with E-state index in [0.717, 1.165) is 66.1 Å². The van der Waals surface area contributed by atoms with Gasteiger partial charge in [0, 0.05) is 35.6 Å². The van der Waals surface area contributed by atoms with Crippen LogP contribution in [0.25, 0.3) is 10.9 Å². The van der Waals surface area contributed by atoms with Gasteiger partial charge in [0.05, 0.1) is 24.1 Å². The lowest BCUT2D eigenvalue weighted by Gasteiger charge is -2.35. The number of piperidine rings is 1. The van der Waals surface area contributed by atoms with Gasteiger partial charge in [-0.05, 0) is 73.9 Å². The minimum atomic E-state index is -0.861. The van der Waals surface area contributed by atoms with E-state index in [2.05, 4.69) is 30.9 Å². The minimum absolute atomic E-state index is 0.170. The third-order valence-electron chi connectivity index (χ3n) is 6.60. The first-order valence-electron chi connectivity index (χ1n) is 11.7. The predicted octanol–water partition coefficient (Wildman–Crippen LogP) is 6.86. The lowest BCUT2D eigenvalue weighted by atomic mass is 9.92. The molecule has 7 heteroatoms. The molecule has 33 heavy (non-hydrogen) atoms. The summed E-state index contributed by atoms with van der Waals surface area (Å²) in [5.41, 5.74) is 1.89. The molecule has 3 heterocycles. The van der Waals surface area contributed by atoms with Crippen LogP contribution in [0.4, 0.5) is 10.6 Å². The highest BCUT2D eigenvalue weighted by atomic mass is 35.5. The molecule has 1 aliphatic heterocycles. The lowest BCUT2D eigenvalue weighted by molar-refractivity contribution is 0.111. The number of furan rings is 1. The van der Waals surface area contributed by atoms with Crippen molar-refractivity contribution in [1.82, 2.24) is 9.88 Å². The summed E-state index contributed by atoms with van der Waals surface area (Å²) < 4.78 is 5.25. The molecule has 1 aromatic carbocycles. The van der Waals surface area contributed by atoms with Crippen molar-refractivity contribution >= 4 is 34.4 Å². The number of carbonyl (C=O) groups is 1. The Morgan fingerprint density at radius 3 is 2.70 bits per heavy atom. The first-order chi connectivity index (χ1) is 15.9. The van der Waals surface area contributed by atoms with Crippen LogP contribution in [0.1, 0.15) is 51.1 Å².